The third kappa shape index (κ3) is 5.98. The zero-order chi connectivity index (χ0) is 26.5. The fourth-order valence-electron chi connectivity index (χ4n) is 3.52. The lowest BCUT2D eigenvalue weighted by Gasteiger charge is -2.32. The number of amides is 2. The minimum absolute atomic E-state index is 0.0141. The van der Waals surface area contributed by atoms with Crippen molar-refractivity contribution in [3.8, 4) is 0 Å². The van der Waals surface area contributed by atoms with Crippen molar-refractivity contribution in [1.29, 1.82) is 0 Å². The van der Waals surface area contributed by atoms with E-state index in [1.165, 1.54) is 62.5 Å². The van der Waals surface area contributed by atoms with Crippen LogP contribution in [0, 0.1) is 5.82 Å². The maximum Gasteiger partial charge on any atom is 0.264 e. The van der Waals surface area contributed by atoms with Gasteiger partial charge in [0.1, 0.15) is 18.4 Å². The fourth-order valence-corrected chi connectivity index (χ4v) is 5.41. The molecule has 190 valence electrons. The molecule has 0 saturated carbocycles. The number of nitrogens with one attached hydrogen (secondary N) is 1. The van der Waals surface area contributed by atoms with Crippen LogP contribution in [0.3, 0.4) is 0 Å². The molecule has 0 aliphatic heterocycles. The quantitative estimate of drug-likeness (QED) is 0.424. The van der Waals surface area contributed by atoms with E-state index in [9.17, 15) is 22.4 Å². The molecule has 3 aromatic carbocycles. The van der Waals surface area contributed by atoms with Crippen LogP contribution in [0.5, 0.6) is 0 Å². The first-order valence-electron chi connectivity index (χ1n) is 10.8. The summed E-state index contributed by atoms with van der Waals surface area (Å²) in [5.74, 6) is -1.81. The van der Waals surface area contributed by atoms with Crippen molar-refractivity contribution in [3.05, 3.63) is 94.2 Å². The van der Waals surface area contributed by atoms with Crippen LogP contribution < -0.4 is 9.62 Å². The first-order chi connectivity index (χ1) is 17.1. The topological polar surface area (TPSA) is 86.8 Å². The van der Waals surface area contributed by atoms with Crippen LogP contribution in [-0.4, -0.2) is 44.8 Å². The van der Waals surface area contributed by atoms with Gasteiger partial charge in [0.2, 0.25) is 11.8 Å². The Bertz CT molecular complexity index is 1360. The molecule has 0 fully saturated rings. The summed E-state index contributed by atoms with van der Waals surface area (Å²) in [4.78, 5) is 27.1. The summed E-state index contributed by atoms with van der Waals surface area (Å²) in [6.07, 6.45) is 0. The van der Waals surface area contributed by atoms with E-state index in [2.05, 4.69) is 5.32 Å². The molecular formula is C25H24Cl2FN3O4S. The van der Waals surface area contributed by atoms with E-state index in [0.717, 1.165) is 9.21 Å². The third-order valence-corrected chi connectivity index (χ3v) is 8.11. The van der Waals surface area contributed by atoms with Gasteiger partial charge in [-0.25, -0.2) is 12.8 Å². The summed E-state index contributed by atoms with van der Waals surface area (Å²) >= 11 is 12.5. The maximum absolute atomic E-state index is 14.4. The van der Waals surface area contributed by atoms with Gasteiger partial charge in [0.05, 0.1) is 20.6 Å². The molecule has 2 amide bonds. The van der Waals surface area contributed by atoms with Crippen LogP contribution in [0.2, 0.25) is 10.0 Å². The summed E-state index contributed by atoms with van der Waals surface area (Å²) in [6, 6.07) is 16.7. The van der Waals surface area contributed by atoms with Crippen molar-refractivity contribution < 1.29 is 22.4 Å². The Morgan fingerprint density at radius 1 is 0.972 bits per heavy atom. The second-order valence-electron chi connectivity index (χ2n) is 7.80. The normalized spacial score (nSPS) is 12.0. The molecule has 0 bridgehead atoms. The van der Waals surface area contributed by atoms with Gasteiger partial charge in [0.15, 0.2) is 0 Å². The van der Waals surface area contributed by atoms with E-state index >= 15 is 0 Å². The first-order valence-corrected chi connectivity index (χ1v) is 13.0. The molecule has 3 rings (SSSR count). The van der Waals surface area contributed by atoms with Gasteiger partial charge in [-0.1, -0.05) is 65.7 Å². The van der Waals surface area contributed by atoms with Crippen LogP contribution >= 0.6 is 23.2 Å². The van der Waals surface area contributed by atoms with Crippen LogP contribution in [0.1, 0.15) is 12.5 Å². The zero-order valence-electron chi connectivity index (χ0n) is 19.5. The second-order valence-corrected chi connectivity index (χ2v) is 10.4. The van der Waals surface area contributed by atoms with Gasteiger partial charge in [-0.3, -0.25) is 13.9 Å². The minimum atomic E-state index is -4.29. The lowest BCUT2D eigenvalue weighted by Crippen LogP contribution is -2.50. The van der Waals surface area contributed by atoms with E-state index in [0.29, 0.717) is 0 Å². The van der Waals surface area contributed by atoms with Gasteiger partial charge >= 0.3 is 0 Å². The molecule has 0 heterocycles. The molecule has 0 aromatic heterocycles. The molecule has 0 radical (unpaired) electrons. The predicted molar refractivity (Wildman–Crippen MR) is 138 cm³/mol. The first kappa shape index (κ1) is 27.4. The minimum Gasteiger partial charge on any atom is -0.357 e. The van der Waals surface area contributed by atoms with Crippen LogP contribution in [-0.2, 0) is 26.2 Å². The highest BCUT2D eigenvalue weighted by atomic mass is 35.5. The number of likely N-dealkylation sites (N-methyl/N-ethyl adjacent to an activating group) is 1. The molecule has 0 aliphatic rings. The maximum atomic E-state index is 14.4. The van der Waals surface area contributed by atoms with E-state index in [1.54, 1.807) is 24.3 Å². The molecule has 0 unspecified atom stereocenters. The Morgan fingerprint density at radius 3 is 2.25 bits per heavy atom. The van der Waals surface area contributed by atoms with Crippen molar-refractivity contribution in [2.75, 3.05) is 17.9 Å². The van der Waals surface area contributed by atoms with Crippen molar-refractivity contribution in [2.24, 2.45) is 0 Å². The third-order valence-electron chi connectivity index (χ3n) is 5.52. The van der Waals surface area contributed by atoms with E-state index < -0.39 is 40.2 Å². The number of sulfonamides is 1. The summed E-state index contributed by atoms with van der Waals surface area (Å²) < 4.78 is 42.5. The average molecular weight is 552 g/mol. The Balaban J connectivity index is 2.08. The molecule has 1 atom stereocenters. The Hall–Kier alpha value is -3.14. The van der Waals surface area contributed by atoms with Crippen LogP contribution in [0.4, 0.5) is 10.1 Å². The molecule has 11 heteroatoms. The molecule has 0 spiro atoms. The number of hydrogen-bond acceptors (Lipinski definition) is 4. The number of hydrogen-bond donors (Lipinski definition) is 1. The summed E-state index contributed by atoms with van der Waals surface area (Å²) in [5.41, 5.74) is 0.152. The van der Waals surface area contributed by atoms with Gasteiger partial charge in [-0.15, -0.1) is 0 Å². The number of rotatable bonds is 9. The van der Waals surface area contributed by atoms with E-state index in [1.807, 2.05) is 0 Å². The number of benzene rings is 3. The highest BCUT2D eigenvalue weighted by Gasteiger charge is 2.33. The molecule has 3 aromatic rings. The lowest BCUT2D eigenvalue weighted by atomic mass is 10.1. The number of anilines is 1. The summed E-state index contributed by atoms with van der Waals surface area (Å²) in [5, 5.41) is 2.49. The van der Waals surface area contributed by atoms with Crippen LogP contribution in [0.15, 0.2) is 77.7 Å². The summed E-state index contributed by atoms with van der Waals surface area (Å²) in [6.45, 7) is 0.496. The number of carbonyl (C=O) groups excluding carboxylic acids is 2. The number of nitrogens with zero attached hydrogens (tertiary/aromatic N) is 2. The van der Waals surface area contributed by atoms with Crippen molar-refractivity contribution in [3.63, 3.8) is 0 Å². The van der Waals surface area contributed by atoms with Crippen molar-refractivity contribution in [1.82, 2.24) is 10.2 Å². The molecule has 7 nitrogen and oxygen atoms in total. The van der Waals surface area contributed by atoms with Gasteiger partial charge in [-0.2, -0.15) is 0 Å². The second kappa shape index (κ2) is 11.7. The van der Waals surface area contributed by atoms with E-state index in [4.69, 9.17) is 23.2 Å². The predicted octanol–water partition coefficient (Wildman–Crippen LogP) is 4.49. The van der Waals surface area contributed by atoms with Gasteiger partial charge in [0.25, 0.3) is 10.0 Å². The average Bonchev–Trinajstić information content (AvgIpc) is 2.88. The number of carbonyl (C=O) groups is 2. The van der Waals surface area contributed by atoms with Gasteiger partial charge in [-0.05, 0) is 37.3 Å². The highest BCUT2D eigenvalue weighted by Crippen LogP contribution is 2.35. The SMILES string of the molecule is CNC(=O)[C@@H](C)N(Cc1ccccc1F)C(=O)CN(c1cccc(Cl)c1Cl)S(=O)(=O)c1ccccc1. The monoisotopic (exact) mass is 551 g/mol. The standard InChI is InChI=1S/C25H24Cl2FN3O4S/c1-17(25(33)29-2)30(15-18-9-6-7-13-21(18)28)23(32)16-31(22-14-8-12-20(26)24(22)27)36(34,35)19-10-4-3-5-11-19/h3-14,17H,15-16H2,1-2H3,(H,29,33)/t17-/m1/s1. The molecule has 1 N–H and O–H groups in total. The van der Waals surface area contributed by atoms with Gasteiger partial charge < -0.3 is 10.2 Å². The van der Waals surface area contributed by atoms with E-state index in [-0.39, 0.29) is 32.7 Å². The molecular weight excluding hydrogens is 528 g/mol. The smallest absolute Gasteiger partial charge is 0.264 e. The number of halogens is 3. The largest absolute Gasteiger partial charge is 0.357 e. The Morgan fingerprint density at radius 2 is 1.61 bits per heavy atom. The van der Waals surface area contributed by atoms with Crippen molar-refractivity contribution in [2.45, 2.75) is 24.4 Å². The zero-order valence-corrected chi connectivity index (χ0v) is 21.8. The molecule has 0 aliphatic carbocycles. The molecule has 36 heavy (non-hydrogen) atoms. The van der Waals surface area contributed by atoms with Gasteiger partial charge in [0, 0.05) is 19.2 Å². The van der Waals surface area contributed by atoms with Crippen LogP contribution in [0.25, 0.3) is 0 Å². The Labute approximate surface area is 219 Å². The Kier molecular flexibility index (Phi) is 8.94. The molecule has 0 saturated heterocycles. The highest BCUT2D eigenvalue weighted by molar-refractivity contribution is 7.92. The lowest BCUT2D eigenvalue weighted by molar-refractivity contribution is -0.139. The fraction of sp³-hybridized carbons (Fsp3) is 0.200. The van der Waals surface area contributed by atoms with Crippen molar-refractivity contribution >= 4 is 50.7 Å². The summed E-state index contributed by atoms with van der Waals surface area (Å²) in [7, 11) is -2.88.